The maximum Gasteiger partial charge on any atom is 0.306 e. The topological polar surface area (TPSA) is 63.0 Å². The van der Waals surface area contributed by atoms with E-state index in [1.165, 1.54) is 0 Å². The molecule has 1 aromatic heterocycles. The summed E-state index contributed by atoms with van der Waals surface area (Å²) in [5.41, 5.74) is 3.38. The Morgan fingerprint density at radius 1 is 1.18 bits per heavy atom. The van der Waals surface area contributed by atoms with Crippen molar-refractivity contribution in [3.8, 4) is 17.2 Å². The van der Waals surface area contributed by atoms with Gasteiger partial charge in [0, 0.05) is 23.2 Å². The van der Waals surface area contributed by atoms with Crippen molar-refractivity contribution in [3.63, 3.8) is 0 Å². The first-order valence-corrected chi connectivity index (χ1v) is 9.90. The van der Waals surface area contributed by atoms with E-state index in [1.807, 2.05) is 42.6 Å². The summed E-state index contributed by atoms with van der Waals surface area (Å²) in [6.07, 6.45) is 7.62. The quantitative estimate of drug-likeness (QED) is 0.722. The molecule has 1 saturated heterocycles. The van der Waals surface area contributed by atoms with Gasteiger partial charge in [-0.05, 0) is 42.4 Å². The summed E-state index contributed by atoms with van der Waals surface area (Å²) in [7, 11) is 0. The van der Waals surface area contributed by atoms with Gasteiger partial charge in [0.05, 0.1) is 23.7 Å². The number of pyridine rings is 1. The standard InChI is InChI=1S/C24H24N2O2/c1-15-16(2)22-12-24(27)28-23(22)11-17(15)7-9-20-10-8-19(14-26-20)21-6-4-3-5-18(21)13-25/h3-10,14-17,22-23H,11-12H2,1-2H3/t15-,16-,17-,22+,23+/m1/s1. The summed E-state index contributed by atoms with van der Waals surface area (Å²) in [5, 5.41) is 9.28. The molecule has 1 aliphatic carbocycles. The molecule has 2 heterocycles. The summed E-state index contributed by atoms with van der Waals surface area (Å²) in [6, 6.07) is 13.8. The highest BCUT2D eigenvalue weighted by Crippen LogP contribution is 2.45. The third kappa shape index (κ3) is 3.45. The lowest BCUT2D eigenvalue weighted by Gasteiger charge is -2.39. The lowest BCUT2D eigenvalue weighted by Crippen LogP contribution is -2.37. The average molecular weight is 372 g/mol. The van der Waals surface area contributed by atoms with E-state index in [4.69, 9.17) is 4.74 Å². The fraction of sp³-hybridized carbons (Fsp3) is 0.375. The first-order chi connectivity index (χ1) is 13.6. The molecule has 1 aromatic carbocycles. The number of nitriles is 1. The van der Waals surface area contributed by atoms with Gasteiger partial charge in [0.2, 0.25) is 0 Å². The number of carbonyl (C=O) groups excluding carboxylic acids is 1. The Hall–Kier alpha value is -2.93. The first kappa shape index (κ1) is 18.4. The molecule has 28 heavy (non-hydrogen) atoms. The van der Waals surface area contributed by atoms with Gasteiger partial charge in [0.15, 0.2) is 0 Å². The number of hydrogen-bond donors (Lipinski definition) is 0. The minimum absolute atomic E-state index is 0.0476. The second-order valence-corrected chi connectivity index (χ2v) is 8.00. The van der Waals surface area contributed by atoms with E-state index in [0.717, 1.165) is 23.2 Å². The Labute approximate surface area is 165 Å². The second kappa shape index (κ2) is 7.59. The molecule has 2 aliphatic rings. The monoisotopic (exact) mass is 372 g/mol. The molecule has 0 bridgehead atoms. The van der Waals surface area contributed by atoms with Crippen LogP contribution in [0.25, 0.3) is 17.2 Å². The molecule has 4 nitrogen and oxygen atoms in total. The zero-order valence-electron chi connectivity index (χ0n) is 16.2. The van der Waals surface area contributed by atoms with Crippen LogP contribution in [0.15, 0.2) is 48.7 Å². The van der Waals surface area contributed by atoms with Crippen LogP contribution in [0.3, 0.4) is 0 Å². The van der Waals surface area contributed by atoms with Gasteiger partial charge in [-0.25, -0.2) is 0 Å². The normalized spacial score (nSPS) is 29.3. The van der Waals surface area contributed by atoms with E-state index in [-0.39, 0.29) is 12.1 Å². The van der Waals surface area contributed by atoms with Crippen LogP contribution >= 0.6 is 0 Å². The number of hydrogen-bond acceptors (Lipinski definition) is 4. The molecular formula is C24H24N2O2. The zero-order chi connectivity index (χ0) is 19.7. The molecule has 1 saturated carbocycles. The highest BCUT2D eigenvalue weighted by molar-refractivity contribution is 5.72. The number of fused-ring (bicyclic) bond motifs is 1. The molecule has 0 amide bonds. The number of esters is 1. The van der Waals surface area contributed by atoms with Gasteiger partial charge in [-0.3, -0.25) is 9.78 Å². The molecular weight excluding hydrogens is 348 g/mol. The highest BCUT2D eigenvalue weighted by atomic mass is 16.5. The van der Waals surface area contributed by atoms with Crippen LogP contribution in [0.4, 0.5) is 0 Å². The number of aromatic nitrogens is 1. The first-order valence-electron chi connectivity index (χ1n) is 9.90. The molecule has 0 spiro atoms. The number of allylic oxidation sites excluding steroid dienone is 1. The van der Waals surface area contributed by atoms with E-state index in [9.17, 15) is 10.1 Å². The Morgan fingerprint density at radius 2 is 2.00 bits per heavy atom. The largest absolute Gasteiger partial charge is 0.462 e. The van der Waals surface area contributed by atoms with Crippen LogP contribution in [0, 0.1) is 35.0 Å². The minimum Gasteiger partial charge on any atom is -0.462 e. The Balaban J connectivity index is 1.49. The lowest BCUT2D eigenvalue weighted by molar-refractivity contribution is -0.142. The van der Waals surface area contributed by atoms with Crippen LogP contribution in [0.5, 0.6) is 0 Å². The highest BCUT2D eigenvalue weighted by Gasteiger charge is 2.46. The van der Waals surface area contributed by atoms with Gasteiger partial charge in [-0.15, -0.1) is 0 Å². The number of ether oxygens (including phenoxy) is 1. The lowest BCUT2D eigenvalue weighted by atomic mass is 9.66. The van der Waals surface area contributed by atoms with Gasteiger partial charge < -0.3 is 4.74 Å². The summed E-state index contributed by atoms with van der Waals surface area (Å²) in [6.45, 7) is 4.51. The smallest absolute Gasteiger partial charge is 0.306 e. The number of nitrogens with zero attached hydrogens (tertiary/aromatic N) is 2. The van der Waals surface area contributed by atoms with E-state index in [1.54, 1.807) is 0 Å². The summed E-state index contributed by atoms with van der Waals surface area (Å²) in [5.74, 6) is 1.67. The van der Waals surface area contributed by atoms with E-state index in [2.05, 4.69) is 37.1 Å². The number of rotatable bonds is 3. The van der Waals surface area contributed by atoms with Crippen molar-refractivity contribution in [1.29, 1.82) is 5.26 Å². The molecule has 1 aliphatic heterocycles. The molecule has 142 valence electrons. The summed E-state index contributed by atoms with van der Waals surface area (Å²) >= 11 is 0. The molecule has 2 aromatic rings. The average Bonchev–Trinajstić information content (AvgIpc) is 3.10. The minimum atomic E-state index is -0.0476. The Kier molecular flexibility index (Phi) is 5.00. The van der Waals surface area contributed by atoms with Crippen molar-refractivity contribution in [1.82, 2.24) is 4.98 Å². The molecule has 2 fully saturated rings. The van der Waals surface area contributed by atoms with Crippen molar-refractivity contribution in [3.05, 3.63) is 59.9 Å². The molecule has 0 N–H and O–H groups in total. The van der Waals surface area contributed by atoms with Gasteiger partial charge in [0.1, 0.15) is 6.10 Å². The van der Waals surface area contributed by atoms with Crippen molar-refractivity contribution >= 4 is 12.0 Å². The fourth-order valence-corrected chi connectivity index (χ4v) is 4.61. The predicted octanol–water partition coefficient (Wildman–Crippen LogP) is 4.86. The Morgan fingerprint density at radius 3 is 2.75 bits per heavy atom. The molecule has 4 rings (SSSR count). The molecule has 4 heteroatoms. The van der Waals surface area contributed by atoms with E-state index >= 15 is 0 Å². The molecule has 0 unspecified atom stereocenters. The van der Waals surface area contributed by atoms with Gasteiger partial charge in [0.25, 0.3) is 0 Å². The van der Waals surface area contributed by atoms with Crippen LogP contribution < -0.4 is 0 Å². The van der Waals surface area contributed by atoms with Gasteiger partial charge >= 0.3 is 5.97 Å². The second-order valence-electron chi connectivity index (χ2n) is 8.00. The summed E-state index contributed by atoms with van der Waals surface area (Å²) in [4.78, 5) is 16.2. The SMILES string of the molecule is C[C@@H]1[C@@H](C)[C@H](C=Cc2ccc(-c3ccccc3C#N)cn2)C[C@@H]2OC(=O)C[C@@H]12. The van der Waals surface area contributed by atoms with E-state index < -0.39 is 0 Å². The van der Waals surface area contributed by atoms with Crippen molar-refractivity contribution in [2.24, 2.45) is 23.7 Å². The van der Waals surface area contributed by atoms with Crippen LogP contribution in [0.2, 0.25) is 0 Å². The van der Waals surface area contributed by atoms with Crippen molar-refractivity contribution in [2.45, 2.75) is 32.8 Å². The van der Waals surface area contributed by atoms with Crippen molar-refractivity contribution in [2.75, 3.05) is 0 Å². The third-order valence-electron chi connectivity index (χ3n) is 6.51. The van der Waals surface area contributed by atoms with Gasteiger partial charge in [-0.2, -0.15) is 5.26 Å². The maximum atomic E-state index is 11.7. The van der Waals surface area contributed by atoms with Gasteiger partial charge in [-0.1, -0.05) is 44.2 Å². The van der Waals surface area contributed by atoms with Crippen LogP contribution in [0.1, 0.15) is 37.9 Å². The predicted molar refractivity (Wildman–Crippen MR) is 108 cm³/mol. The molecule has 5 atom stereocenters. The fourth-order valence-electron chi connectivity index (χ4n) is 4.61. The third-order valence-corrected chi connectivity index (χ3v) is 6.51. The molecule has 0 radical (unpaired) electrons. The number of benzene rings is 1. The van der Waals surface area contributed by atoms with Crippen molar-refractivity contribution < 1.29 is 9.53 Å². The number of carbonyl (C=O) groups is 1. The summed E-state index contributed by atoms with van der Waals surface area (Å²) < 4.78 is 5.54. The zero-order valence-corrected chi connectivity index (χ0v) is 16.2. The van der Waals surface area contributed by atoms with Crippen LogP contribution in [-0.2, 0) is 9.53 Å². The van der Waals surface area contributed by atoms with Crippen LogP contribution in [-0.4, -0.2) is 17.1 Å². The maximum absolute atomic E-state index is 11.7. The Bertz CT molecular complexity index is 942. The van der Waals surface area contributed by atoms with E-state index in [0.29, 0.717) is 35.7 Å².